The fourth-order valence-corrected chi connectivity index (χ4v) is 3.27. The van der Waals surface area contributed by atoms with Gasteiger partial charge in [-0.15, -0.1) is 0 Å². The van der Waals surface area contributed by atoms with Crippen LogP contribution in [0.15, 0.2) is 77.4 Å². The van der Waals surface area contributed by atoms with E-state index in [0.29, 0.717) is 16.8 Å². The van der Waals surface area contributed by atoms with Crippen molar-refractivity contribution in [3.05, 3.63) is 89.9 Å². The van der Waals surface area contributed by atoms with Crippen molar-refractivity contribution in [2.75, 3.05) is 4.90 Å². The zero-order valence-corrected chi connectivity index (χ0v) is 18.1. The summed E-state index contributed by atoms with van der Waals surface area (Å²) in [6, 6.07) is 17.9. The molecular formula is C25H26N2O4. The highest BCUT2D eigenvalue weighted by Gasteiger charge is 2.36. The molecule has 0 spiro atoms. The van der Waals surface area contributed by atoms with Gasteiger partial charge in [0, 0.05) is 16.8 Å². The van der Waals surface area contributed by atoms with Crippen molar-refractivity contribution in [2.24, 2.45) is 0 Å². The van der Waals surface area contributed by atoms with Crippen LogP contribution < -0.4 is 10.2 Å². The Kier molecular flexibility index (Phi) is 6.39. The third kappa shape index (κ3) is 5.28. The number of ketones is 1. The van der Waals surface area contributed by atoms with Crippen LogP contribution in [0.1, 0.15) is 60.2 Å². The predicted molar refractivity (Wildman–Crippen MR) is 119 cm³/mol. The summed E-state index contributed by atoms with van der Waals surface area (Å²) in [5.41, 5.74) is 0.993. The first-order chi connectivity index (χ1) is 14.7. The first-order valence-corrected chi connectivity index (χ1v) is 10.0. The number of rotatable bonds is 6. The lowest BCUT2D eigenvalue weighted by molar-refractivity contribution is -0.123. The van der Waals surface area contributed by atoms with Crippen LogP contribution in [0.5, 0.6) is 0 Å². The lowest BCUT2D eigenvalue weighted by Gasteiger charge is -2.33. The monoisotopic (exact) mass is 418 g/mol. The minimum atomic E-state index is -0.972. The summed E-state index contributed by atoms with van der Waals surface area (Å²) < 4.78 is 5.35. The quantitative estimate of drug-likeness (QED) is 0.584. The van der Waals surface area contributed by atoms with Crippen molar-refractivity contribution in [1.29, 1.82) is 0 Å². The highest BCUT2D eigenvalue weighted by molar-refractivity contribution is 6.09. The maximum absolute atomic E-state index is 13.5. The van der Waals surface area contributed by atoms with Gasteiger partial charge in [0.25, 0.3) is 5.91 Å². The van der Waals surface area contributed by atoms with Gasteiger partial charge in [-0.1, -0.05) is 42.5 Å². The molecule has 0 aliphatic rings. The summed E-state index contributed by atoms with van der Waals surface area (Å²) in [7, 11) is 0. The summed E-state index contributed by atoms with van der Waals surface area (Å²) >= 11 is 0. The van der Waals surface area contributed by atoms with E-state index in [0.717, 1.165) is 0 Å². The van der Waals surface area contributed by atoms with Crippen molar-refractivity contribution < 1.29 is 18.8 Å². The summed E-state index contributed by atoms with van der Waals surface area (Å²) in [4.78, 5) is 40.4. The van der Waals surface area contributed by atoms with E-state index in [1.54, 1.807) is 48.5 Å². The standard InChI is InChI=1S/C25H26N2O4/c1-17(28)19-12-8-13-20(16-19)27(24(30)21-14-9-15-31-21)22(18-10-6-5-7-11-18)23(29)26-25(2,3)4/h5-16,22H,1-4H3,(H,26,29)/t22-/m1/s1. The number of carbonyl (C=O) groups is 3. The lowest BCUT2D eigenvalue weighted by atomic mass is 10.00. The third-order valence-electron chi connectivity index (χ3n) is 4.60. The third-order valence-corrected chi connectivity index (χ3v) is 4.60. The predicted octanol–water partition coefficient (Wildman–Crippen LogP) is 4.79. The van der Waals surface area contributed by atoms with E-state index in [1.165, 1.54) is 18.1 Å². The Bertz CT molecular complexity index is 1070. The first-order valence-electron chi connectivity index (χ1n) is 10.0. The van der Waals surface area contributed by atoms with Gasteiger partial charge in [0.15, 0.2) is 11.5 Å². The number of furan rings is 1. The zero-order chi connectivity index (χ0) is 22.6. The van der Waals surface area contributed by atoms with Crippen molar-refractivity contribution in [1.82, 2.24) is 5.32 Å². The van der Waals surface area contributed by atoms with Gasteiger partial charge in [-0.25, -0.2) is 0 Å². The second-order valence-corrected chi connectivity index (χ2v) is 8.31. The van der Waals surface area contributed by atoms with E-state index in [2.05, 4.69) is 5.32 Å². The molecule has 1 N–H and O–H groups in total. The summed E-state index contributed by atoms with van der Waals surface area (Å²) in [5, 5.41) is 2.98. The van der Waals surface area contributed by atoms with Crippen LogP contribution in [0.3, 0.4) is 0 Å². The molecule has 0 radical (unpaired) electrons. The van der Waals surface area contributed by atoms with Crippen LogP contribution in [-0.2, 0) is 4.79 Å². The average Bonchev–Trinajstić information content (AvgIpc) is 3.25. The number of nitrogens with one attached hydrogen (secondary N) is 1. The Hall–Kier alpha value is -3.67. The smallest absolute Gasteiger partial charge is 0.294 e. The largest absolute Gasteiger partial charge is 0.459 e. The Balaban J connectivity index is 2.20. The van der Waals surface area contributed by atoms with Crippen LogP contribution in [0.4, 0.5) is 5.69 Å². The number of hydrogen-bond acceptors (Lipinski definition) is 4. The number of amides is 2. The number of benzene rings is 2. The van der Waals surface area contributed by atoms with E-state index in [4.69, 9.17) is 4.42 Å². The van der Waals surface area contributed by atoms with Crippen LogP contribution in [-0.4, -0.2) is 23.1 Å². The van der Waals surface area contributed by atoms with Gasteiger partial charge in [0.05, 0.1) is 6.26 Å². The Morgan fingerprint density at radius 1 is 0.935 bits per heavy atom. The van der Waals surface area contributed by atoms with Gasteiger partial charge in [0.2, 0.25) is 5.91 Å². The molecular weight excluding hydrogens is 392 g/mol. The molecule has 1 aromatic heterocycles. The summed E-state index contributed by atoms with van der Waals surface area (Å²) in [5.74, 6) is -0.865. The molecule has 6 heteroatoms. The highest BCUT2D eigenvalue weighted by Crippen LogP contribution is 2.31. The van der Waals surface area contributed by atoms with E-state index < -0.39 is 17.5 Å². The van der Waals surface area contributed by atoms with Gasteiger partial charge in [0.1, 0.15) is 6.04 Å². The number of anilines is 1. The van der Waals surface area contributed by atoms with E-state index in [9.17, 15) is 14.4 Å². The van der Waals surface area contributed by atoms with Crippen molar-refractivity contribution in [2.45, 2.75) is 39.3 Å². The molecule has 1 heterocycles. The topological polar surface area (TPSA) is 79.6 Å². The summed E-state index contributed by atoms with van der Waals surface area (Å²) in [6.45, 7) is 7.09. The molecule has 0 saturated heterocycles. The van der Waals surface area contributed by atoms with Gasteiger partial charge in [-0.05, 0) is 57.5 Å². The van der Waals surface area contributed by atoms with Gasteiger partial charge in [-0.3, -0.25) is 19.3 Å². The zero-order valence-electron chi connectivity index (χ0n) is 18.1. The number of carbonyl (C=O) groups excluding carboxylic acids is 3. The molecule has 6 nitrogen and oxygen atoms in total. The van der Waals surface area contributed by atoms with Gasteiger partial charge < -0.3 is 9.73 Å². The molecule has 3 aromatic rings. The minimum absolute atomic E-state index is 0.0951. The maximum Gasteiger partial charge on any atom is 0.294 e. The van der Waals surface area contributed by atoms with Crippen molar-refractivity contribution >= 4 is 23.3 Å². The van der Waals surface area contributed by atoms with Gasteiger partial charge >= 0.3 is 0 Å². The second-order valence-electron chi connectivity index (χ2n) is 8.31. The molecule has 2 aromatic carbocycles. The Morgan fingerprint density at radius 3 is 2.23 bits per heavy atom. The highest BCUT2D eigenvalue weighted by atomic mass is 16.3. The molecule has 0 unspecified atom stereocenters. The molecule has 0 saturated carbocycles. The molecule has 0 aliphatic carbocycles. The van der Waals surface area contributed by atoms with Crippen LogP contribution in [0.2, 0.25) is 0 Å². The lowest BCUT2D eigenvalue weighted by Crippen LogP contribution is -2.49. The van der Waals surface area contributed by atoms with Gasteiger partial charge in [-0.2, -0.15) is 0 Å². The molecule has 3 rings (SSSR count). The summed E-state index contributed by atoms with van der Waals surface area (Å²) in [6.07, 6.45) is 1.41. The van der Waals surface area contributed by atoms with E-state index in [-0.39, 0.29) is 17.5 Å². The molecule has 0 aliphatic heterocycles. The molecule has 31 heavy (non-hydrogen) atoms. The second kappa shape index (κ2) is 9.00. The van der Waals surface area contributed by atoms with Crippen LogP contribution >= 0.6 is 0 Å². The first kappa shape index (κ1) is 22.0. The fourth-order valence-electron chi connectivity index (χ4n) is 3.27. The van der Waals surface area contributed by atoms with E-state index >= 15 is 0 Å². The number of hydrogen-bond donors (Lipinski definition) is 1. The number of Topliss-reactive ketones (excluding diaryl/α,β-unsaturated/α-hetero) is 1. The molecule has 0 bridgehead atoms. The normalized spacial score (nSPS) is 12.1. The van der Waals surface area contributed by atoms with Crippen molar-refractivity contribution in [3.63, 3.8) is 0 Å². The van der Waals surface area contributed by atoms with Crippen LogP contribution in [0, 0.1) is 0 Å². The van der Waals surface area contributed by atoms with E-state index in [1.807, 2.05) is 39.0 Å². The molecule has 0 fully saturated rings. The SMILES string of the molecule is CC(=O)c1cccc(N(C(=O)c2ccco2)[C@@H](C(=O)NC(C)(C)C)c2ccccc2)c1. The minimum Gasteiger partial charge on any atom is -0.459 e. The fraction of sp³-hybridized carbons (Fsp3) is 0.240. The molecule has 2 amide bonds. The molecule has 1 atom stereocenters. The number of nitrogens with zero attached hydrogens (tertiary/aromatic N) is 1. The Labute approximate surface area is 181 Å². The molecule has 160 valence electrons. The average molecular weight is 418 g/mol. The Morgan fingerprint density at radius 2 is 1.65 bits per heavy atom. The van der Waals surface area contributed by atoms with Crippen LogP contribution in [0.25, 0.3) is 0 Å². The maximum atomic E-state index is 13.5. The van der Waals surface area contributed by atoms with Crippen molar-refractivity contribution in [3.8, 4) is 0 Å².